The molecule has 0 rings (SSSR count). The zero-order valence-electron chi connectivity index (χ0n) is 12.5. The third-order valence-electron chi connectivity index (χ3n) is 2.64. The highest BCUT2D eigenvalue weighted by Gasteiger charge is 2.19. The molecule has 0 aliphatic heterocycles. The Bertz CT molecular complexity index is 311. The lowest BCUT2D eigenvalue weighted by Gasteiger charge is -2.30. The van der Waals surface area contributed by atoms with Gasteiger partial charge >= 0.3 is 13.6 Å². The maximum Gasteiger partial charge on any atom is 0.327 e. The maximum absolute atomic E-state index is 11.9. The largest absolute Gasteiger partial charge is 0.481 e. The van der Waals surface area contributed by atoms with E-state index in [0.717, 1.165) is 0 Å². The molecule has 6 nitrogen and oxygen atoms in total. The standard InChI is InChI=1S/C12H26NO5P/c1-10(2)13(11(3)4)7-9-18-19(5,16)17-8-6-12(14)15/h10-11H,6-9H2,1-5H3,(H,14,15). The van der Waals surface area contributed by atoms with E-state index in [1.54, 1.807) is 0 Å². The first-order chi connectivity index (χ1) is 8.65. The highest BCUT2D eigenvalue weighted by Crippen LogP contribution is 2.43. The lowest BCUT2D eigenvalue weighted by molar-refractivity contribution is -0.137. The zero-order chi connectivity index (χ0) is 15.1. The fourth-order valence-electron chi connectivity index (χ4n) is 1.76. The summed E-state index contributed by atoms with van der Waals surface area (Å²) in [5.74, 6) is -0.981. The molecule has 1 N–H and O–H groups in total. The molecule has 0 saturated carbocycles. The van der Waals surface area contributed by atoms with Crippen LogP contribution in [-0.4, -0.2) is 54.5 Å². The van der Waals surface area contributed by atoms with Crippen LogP contribution < -0.4 is 0 Å². The number of rotatable bonds is 10. The highest BCUT2D eigenvalue weighted by atomic mass is 31.2. The van der Waals surface area contributed by atoms with E-state index in [-0.39, 0.29) is 13.0 Å². The number of nitrogens with zero attached hydrogens (tertiary/aromatic N) is 1. The summed E-state index contributed by atoms with van der Waals surface area (Å²) in [7, 11) is -3.16. The van der Waals surface area contributed by atoms with Gasteiger partial charge in [-0.15, -0.1) is 0 Å². The molecule has 1 unspecified atom stereocenters. The van der Waals surface area contributed by atoms with Gasteiger partial charge in [-0.3, -0.25) is 14.3 Å². The fraction of sp³-hybridized carbons (Fsp3) is 0.917. The Balaban J connectivity index is 4.03. The van der Waals surface area contributed by atoms with Crippen molar-refractivity contribution < 1.29 is 23.5 Å². The summed E-state index contributed by atoms with van der Waals surface area (Å²) in [5.41, 5.74) is 0. The van der Waals surface area contributed by atoms with E-state index in [1.165, 1.54) is 6.66 Å². The van der Waals surface area contributed by atoms with Crippen LogP contribution in [0.25, 0.3) is 0 Å². The topological polar surface area (TPSA) is 76.1 Å². The Kier molecular flexibility index (Phi) is 8.50. The molecule has 0 aliphatic carbocycles. The van der Waals surface area contributed by atoms with Gasteiger partial charge in [0.2, 0.25) is 0 Å². The summed E-state index contributed by atoms with van der Waals surface area (Å²) in [5, 5.41) is 8.46. The van der Waals surface area contributed by atoms with E-state index in [1.807, 2.05) is 0 Å². The summed E-state index contributed by atoms with van der Waals surface area (Å²) in [4.78, 5) is 12.5. The molecule has 0 aromatic rings. The van der Waals surface area contributed by atoms with Crippen molar-refractivity contribution in [3.8, 4) is 0 Å². The van der Waals surface area contributed by atoms with Crippen LogP contribution in [0, 0.1) is 0 Å². The van der Waals surface area contributed by atoms with Crippen LogP contribution >= 0.6 is 7.60 Å². The molecule has 0 spiro atoms. The lowest BCUT2D eigenvalue weighted by Crippen LogP contribution is -2.39. The molecule has 0 aromatic carbocycles. The van der Waals surface area contributed by atoms with Crippen molar-refractivity contribution in [3.05, 3.63) is 0 Å². The molecule has 0 heterocycles. The smallest absolute Gasteiger partial charge is 0.327 e. The molecule has 0 amide bonds. The van der Waals surface area contributed by atoms with Crippen LogP contribution in [0.3, 0.4) is 0 Å². The summed E-state index contributed by atoms with van der Waals surface area (Å²) in [6, 6.07) is 0.764. The Labute approximate surface area is 115 Å². The fourth-order valence-corrected chi connectivity index (χ4v) is 2.67. The average molecular weight is 295 g/mol. The van der Waals surface area contributed by atoms with Gasteiger partial charge in [0.1, 0.15) is 0 Å². The van der Waals surface area contributed by atoms with Crippen molar-refractivity contribution in [2.45, 2.75) is 46.2 Å². The van der Waals surface area contributed by atoms with Gasteiger partial charge in [-0.05, 0) is 27.7 Å². The van der Waals surface area contributed by atoms with Crippen molar-refractivity contribution in [1.29, 1.82) is 0 Å². The first-order valence-corrected chi connectivity index (χ1v) is 8.49. The molecule has 0 saturated heterocycles. The van der Waals surface area contributed by atoms with Crippen LogP contribution in [-0.2, 0) is 18.4 Å². The van der Waals surface area contributed by atoms with Crippen LogP contribution in [0.4, 0.5) is 0 Å². The van der Waals surface area contributed by atoms with Gasteiger partial charge in [-0.1, -0.05) is 0 Å². The molecule has 114 valence electrons. The minimum atomic E-state index is -3.16. The van der Waals surface area contributed by atoms with E-state index in [4.69, 9.17) is 14.2 Å². The number of hydrogen-bond donors (Lipinski definition) is 1. The van der Waals surface area contributed by atoms with Gasteiger partial charge in [-0.2, -0.15) is 0 Å². The predicted octanol–water partition coefficient (Wildman–Crippen LogP) is 2.44. The summed E-state index contributed by atoms with van der Waals surface area (Å²) in [6.07, 6.45) is -0.175. The Morgan fingerprint density at radius 2 is 1.63 bits per heavy atom. The second-order valence-electron chi connectivity index (χ2n) is 5.01. The van der Waals surface area contributed by atoms with E-state index in [0.29, 0.717) is 25.2 Å². The van der Waals surface area contributed by atoms with Gasteiger partial charge in [-0.25, -0.2) is 0 Å². The van der Waals surface area contributed by atoms with Crippen LogP contribution in [0.15, 0.2) is 0 Å². The van der Waals surface area contributed by atoms with Crippen molar-refractivity contribution >= 4 is 13.6 Å². The van der Waals surface area contributed by atoms with Crippen LogP contribution in [0.5, 0.6) is 0 Å². The molecule has 0 aromatic heterocycles. The predicted molar refractivity (Wildman–Crippen MR) is 74.7 cm³/mol. The number of carbonyl (C=O) groups is 1. The van der Waals surface area contributed by atoms with Crippen LogP contribution in [0.1, 0.15) is 34.1 Å². The van der Waals surface area contributed by atoms with Crippen LogP contribution in [0.2, 0.25) is 0 Å². The van der Waals surface area contributed by atoms with Crippen molar-refractivity contribution in [2.75, 3.05) is 26.4 Å². The van der Waals surface area contributed by atoms with Gasteiger partial charge in [0, 0.05) is 25.3 Å². The summed E-state index contributed by atoms with van der Waals surface area (Å²) < 4.78 is 22.1. The minimum Gasteiger partial charge on any atom is -0.481 e. The van der Waals surface area contributed by atoms with E-state index < -0.39 is 13.6 Å². The van der Waals surface area contributed by atoms with E-state index in [9.17, 15) is 9.36 Å². The minimum absolute atomic E-state index is 0.0960. The van der Waals surface area contributed by atoms with Gasteiger partial charge < -0.3 is 14.2 Å². The van der Waals surface area contributed by atoms with Crippen molar-refractivity contribution in [1.82, 2.24) is 4.90 Å². The number of aliphatic carboxylic acids is 1. The summed E-state index contributed by atoms with van der Waals surface area (Å²) >= 11 is 0. The first kappa shape index (κ1) is 18.6. The summed E-state index contributed by atoms with van der Waals surface area (Å²) in [6.45, 7) is 10.6. The van der Waals surface area contributed by atoms with Gasteiger partial charge in [0.15, 0.2) is 0 Å². The molecular weight excluding hydrogens is 269 g/mol. The maximum atomic E-state index is 11.9. The number of hydrogen-bond acceptors (Lipinski definition) is 5. The van der Waals surface area contributed by atoms with Gasteiger partial charge in [0.05, 0.1) is 19.6 Å². The van der Waals surface area contributed by atoms with E-state index in [2.05, 4.69) is 32.6 Å². The first-order valence-electron chi connectivity index (χ1n) is 6.50. The molecule has 0 aliphatic rings. The Morgan fingerprint density at radius 3 is 2.05 bits per heavy atom. The Morgan fingerprint density at radius 1 is 1.16 bits per heavy atom. The highest BCUT2D eigenvalue weighted by molar-refractivity contribution is 7.52. The Hall–Kier alpha value is -0.420. The van der Waals surface area contributed by atoms with Gasteiger partial charge in [0.25, 0.3) is 0 Å². The number of carboxylic acid groups (broad SMARTS) is 1. The monoisotopic (exact) mass is 295 g/mol. The third kappa shape index (κ3) is 9.16. The van der Waals surface area contributed by atoms with E-state index >= 15 is 0 Å². The molecular formula is C12H26NO5P. The molecule has 0 fully saturated rings. The molecule has 19 heavy (non-hydrogen) atoms. The normalized spacial score (nSPS) is 15.2. The average Bonchev–Trinajstić information content (AvgIpc) is 2.22. The molecule has 0 bridgehead atoms. The molecule has 7 heteroatoms. The molecule has 0 radical (unpaired) electrons. The molecule has 1 atom stereocenters. The lowest BCUT2D eigenvalue weighted by atomic mass is 10.2. The second-order valence-corrected chi connectivity index (χ2v) is 7.07. The second kappa shape index (κ2) is 8.69. The number of carboxylic acids is 1. The third-order valence-corrected chi connectivity index (χ3v) is 3.95. The quantitative estimate of drug-likeness (QED) is 0.624. The van der Waals surface area contributed by atoms with Crippen molar-refractivity contribution in [2.24, 2.45) is 0 Å². The zero-order valence-corrected chi connectivity index (χ0v) is 13.4. The SMILES string of the molecule is CC(C)N(CCOP(C)(=O)OCCC(=O)O)C(C)C. The van der Waals surface area contributed by atoms with Crippen molar-refractivity contribution in [3.63, 3.8) is 0 Å².